The van der Waals surface area contributed by atoms with E-state index in [1.807, 2.05) is 31.5 Å². The Labute approximate surface area is 132 Å². The predicted molar refractivity (Wildman–Crippen MR) is 84.6 cm³/mol. The third-order valence-corrected chi connectivity index (χ3v) is 4.79. The number of carbonyl (C=O) groups is 1. The number of aryl methyl sites for hydroxylation is 2. The molecule has 5 heteroatoms. The Hall–Kier alpha value is -1.13. The molecule has 3 nitrogen and oxygen atoms in total. The van der Waals surface area contributed by atoms with Crippen LogP contribution in [0.1, 0.15) is 34.2 Å². The largest absolute Gasteiger partial charge is 0.294 e. The van der Waals surface area contributed by atoms with E-state index in [4.69, 9.17) is 11.6 Å². The number of hydrogen-bond donors (Lipinski definition) is 0. The summed E-state index contributed by atoms with van der Waals surface area (Å²) in [6, 6.07) is 5.42. The molecule has 0 aliphatic heterocycles. The summed E-state index contributed by atoms with van der Waals surface area (Å²) in [7, 11) is 0. The van der Waals surface area contributed by atoms with Gasteiger partial charge in [-0.1, -0.05) is 23.7 Å². The number of halogens is 2. The van der Waals surface area contributed by atoms with Crippen molar-refractivity contribution in [2.75, 3.05) is 0 Å². The molecule has 0 aliphatic rings. The fraction of sp³-hybridized carbons (Fsp3) is 0.333. The van der Waals surface area contributed by atoms with Crippen molar-refractivity contribution in [1.82, 2.24) is 9.78 Å². The molecule has 0 amide bonds. The van der Waals surface area contributed by atoms with Crippen molar-refractivity contribution in [2.24, 2.45) is 0 Å². The first-order valence-electron chi connectivity index (χ1n) is 6.45. The van der Waals surface area contributed by atoms with Crippen molar-refractivity contribution in [2.45, 2.75) is 33.7 Å². The Bertz CT molecular complexity index is 664. The molecule has 0 fully saturated rings. The van der Waals surface area contributed by atoms with E-state index in [1.54, 1.807) is 12.1 Å². The molecule has 0 N–H and O–H groups in total. The summed E-state index contributed by atoms with van der Waals surface area (Å²) in [6.45, 7) is 6.54. The van der Waals surface area contributed by atoms with Crippen LogP contribution in [0.4, 0.5) is 0 Å². The van der Waals surface area contributed by atoms with Gasteiger partial charge in [-0.2, -0.15) is 5.10 Å². The molecule has 0 radical (unpaired) electrons. The van der Waals surface area contributed by atoms with Crippen LogP contribution in [-0.4, -0.2) is 15.6 Å². The Morgan fingerprint density at radius 3 is 2.75 bits per heavy atom. The highest BCUT2D eigenvalue weighted by Crippen LogP contribution is 2.25. The molecule has 0 atom stereocenters. The van der Waals surface area contributed by atoms with Gasteiger partial charge in [-0.15, -0.1) is 0 Å². The SMILES string of the molecule is CCn1nc(C)c(Br)c1CC(=O)c1cccc(Cl)c1C. The lowest BCUT2D eigenvalue weighted by Crippen LogP contribution is -2.11. The van der Waals surface area contributed by atoms with Gasteiger partial charge in [-0.05, 0) is 48.3 Å². The zero-order valence-electron chi connectivity index (χ0n) is 11.7. The van der Waals surface area contributed by atoms with Crippen LogP contribution >= 0.6 is 27.5 Å². The molecule has 0 aliphatic carbocycles. The first-order chi connectivity index (χ1) is 9.45. The summed E-state index contributed by atoms with van der Waals surface area (Å²) < 4.78 is 2.77. The first-order valence-corrected chi connectivity index (χ1v) is 7.62. The Morgan fingerprint density at radius 2 is 2.10 bits per heavy atom. The predicted octanol–water partition coefficient (Wildman–Crippen LogP) is 4.36. The minimum Gasteiger partial charge on any atom is -0.294 e. The van der Waals surface area contributed by atoms with Gasteiger partial charge in [0.05, 0.1) is 22.3 Å². The summed E-state index contributed by atoms with van der Waals surface area (Å²) in [6.07, 6.45) is 0.316. The zero-order chi connectivity index (χ0) is 14.9. The average Bonchev–Trinajstić information content (AvgIpc) is 2.69. The van der Waals surface area contributed by atoms with Crippen molar-refractivity contribution in [1.29, 1.82) is 0 Å². The molecule has 1 aromatic carbocycles. The highest BCUT2D eigenvalue weighted by atomic mass is 79.9. The molecule has 0 unspecified atom stereocenters. The quantitative estimate of drug-likeness (QED) is 0.764. The lowest BCUT2D eigenvalue weighted by atomic mass is 10.0. The molecule has 0 bridgehead atoms. The van der Waals surface area contributed by atoms with E-state index < -0.39 is 0 Å². The average molecular weight is 356 g/mol. The molecule has 0 spiro atoms. The van der Waals surface area contributed by atoms with Crippen LogP contribution < -0.4 is 0 Å². The fourth-order valence-electron chi connectivity index (χ4n) is 2.19. The maximum atomic E-state index is 12.5. The maximum absolute atomic E-state index is 12.5. The van der Waals surface area contributed by atoms with E-state index >= 15 is 0 Å². The second-order valence-corrected chi connectivity index (χ2v) is 5.87. The highest BCUT2D eigenvalue weighted by Gasteiger charge is 2.18. The third kappa shape index (κ3) is 2.81. The standard InChI is InChI=1S/C15H16BrClN2O/c1-4-19-13(15(16)10(3)18-19)8-14(20)11-6-5-7-12(17)9(11)2/h5-7H,4,8H2,1-3H3. The smallest absolute Gasteiger partial charge is 0.169 e. The molecule has 0 saturated carbocycles. The molecule has 2 rings (SSSR count). The van der Waals surface area contributed by atoms with Crippen molar-refractivity contribution < 1.29 is 4.79 Å². The van der Waals surface area contributed by atoms with Gasteiger partial charge in [-0.25, -0.2) is 0 Å². The van der Waals surface area contributed by atoms with Crippen molar-refractivity contribution in [3.8, 4) is 0 Å². The van der Waals surface area contributed by atoms with E-state index in [0.717, 1.165) is 28.0 Å². The molecule has 1 heterocycles. The summed E-state index contributed by atoms with van der Waals surface area (Å²) >= 11 is 9.59. The molecule has 0 saturated heterocycles. The van der Waals surface area contributed by atoms with Gasteiger partial charge in [0.2, 0.25) is 0 Å². The van der Waals surface area contributed by atoms with E-state index in [0.29, 0.717) is 17.0 Å². The van der Waals surface area contributed by atoms with Crippen LogP contribution in [0.15, 0.2) is 22.7 Å². The van der Waals surface area contributed by atoms with Crippen LogP contribution in [0.3, 0.4) is 0 Å². The van der Waals surface area contributed by atoms with Crippen LogP contribution in [0.5, 0.6) is 0 Å². The number of ketones is 1. The molecular formula is C15H16BrClN2O. The van der Waals surface area contributed by atoms with Gasteiger partial charge < -0.3 is 0 Å². The van der Waals surface area contributed by atoms with Crippen molar-refractivity contribution in [3.63, 3.8) is 0 Å². The van der Waals surface area contributed by atoms with E-state index in [2.05, 4.69) is 21.0 Å². The Morgan fingerprint density at radius 1 is 1.40 bits per heavy atom. The van der Waals surface area contributed by atoms with Crippen LogP contribution in [-0.2, 0) is 13.0 Å². The molecule has 20 heavy (non-hydrogen) atoms. The number of nitrogens with zero attached hydrogens (tertiary/aromatic N) is 2. The molecule has 1 aromatic heterocycles. The maximum Gasteiger partial charge on any atom is 0.169 e. The van der Waals surface area contributed by atoms with Crippen LogP contribution in [0.2, 0.25) is 5.02 Å². The van der Waals surface area contributed by atoms with E-state index in [9.17, 15) is 4.79 Å². The summed E-state index contributed by atoms with van der Waals surface area (Å²) in [5.74, 6) is 0.0558. The Balaban J connectivity index is 2.35. The second kappa shape index (κ2) is 6.10. The minimum absolute atomic E-state index is 0.0558. The van der Waals surface area contributed by atoms with Crippen molar-refractivity contribution >= 4 is 33.3 Å². The van der Waals surface area contributed by atoms with Gasteiger partial charge in [-0.3, -0.25) is 9.48 Å². The third-order valence-electron chi connectivity index (χ3n) is 3.35. The summed E-state index contributed by atoms with van der Waals surface area (Å²) in [4.78, 5) is 12.5. The minimum atomic E-state index is 0.0558. The van der Waals surface area contributed by atoms with E-state index in [1.165, 1.54) is 0 Å². The second-order valence-electron chi connectivity index (χ2n) is 4.67. The number of aromatic nitrogens is 2. The van der Waals surface area contributed by atoms with Gasteiger partial charge in [0.25, 0.3) is 0 Å². The van der Waals surface area contributed by atoms with Gasteiger partial charge in [0.15, 0.2) is 5.78 Å². The van der Waals surface area contributed by atoms with Gasteiger partial charge in [0.1, 0.15) is 0 Å². The topological polar surface area (TPSA) is 34.9 Å². The lowest BCUT2D eigenvalue weighted by molar-refractivity contribution is 0.0989. The monoisotopic (exact) mass is 354 g/mol. The highest BCUT2D eigenvalue weighted by molar-refractivity contribution is 9.10. The summed E-state index contributed by atoms with van der Waals surface area (Å²) in [5.41, 5.74) is 3.31. The number of Topliss-reactive ketones (excluding diaryl/α,β-unsaturated/α-hetero) is 1. The number of benzene rings is 1. The molecule has 2 aromatic rings. The Kier molecular flexibility index (Phi) is 4.66. The fourth-order valence-corrected chi connectivity index (χ4v) is 2.79. The number of carbonyl (C=O) groups excluding carboxylic acids is 1. The lowest BCUT2D eigenvalue weighted by Gasteiger charge is -2.08. The molecular weight excluding hydrogens is 340 g/mol. The van der Waals surface area contributed by atoms with Crippen LogP contribution in [0.25, 0.3) is 0 Å². The van der Waals surface area contributed by atoms with Gasteiger partial charge >= 0.3 is 0 Å². The molecule has 106 valence electrons. The van der Waals surface area contributed by atoms with Crippen molar-refractivity contribution in [3.05, 3.63) is 50.2 Å². The van der Waals surface area contributed by atoms with Crippen LogP contribution in [0, 0.1) is 13.8 Å². The van der Waals surface area contributed by atoms with E-state index in [-0.39, 0.29) is 5.78 Å². The zero-order valence-corrected chi connectivity index (χ0v) is 14.0. The summed E-state index contributed by atoms with van der Waals surface area (Å²) in [5, 5.41) is 5.03. The number of rotatable bonds is 4. The first kappa shape index (κ1) is 15.3. The normalized spacial score (nSPS) is 10.8. The number of hydrogen-bond acceptors (Lipinski definition) is 2. The van der Waals surface area contributed by atoms with Gasteiger partial charge in [0, 0.05) is 17.1 Å².